The molecule has 9 heteroatoms. The fourth-order valence-corrected chi connectivity index (χ4v) is 6.10. The fraction of sp³-hybridized carbons (Fsp3) is 0.163. The molecule has 0 saturated heterocycles. The van der Waals surface area contributed by atoms with Crippen LogP contribution < -0.4 is 0 Å². The highest BCUT2D eigenvalue weighted by Crippen LogP contribution is 2.36. The van der Waals surface area contributed by atoms with E-state index in [2.05, 4.69) is 0 Å². The number of fused-ring (bicyclic) bond motifs is 9. The van der Waals surface area contributed by atoms with E-state index in [4.69, 9.17) is 13.3 Å². The third kappa shape index (κ3) is 5.74. The lowest BCUT2D eigenvalue weighted by Gasteiger charge is -1.95. The fourth-order valence-electron chi connectivity index (χ4n) is 6.10. The van der Waals surface area contributed by atoms with Gasteiger partial charge in [-0.2, -0.15) is 0 Å². The topological polar surface area (TPSA) is 39.4 Å². The molecular formula is C43H34F6O3. The van der Waals surface area contributed by atoms with Gasteiger partial charge in [-0.25, -0.2) is 26.3 Å². The molecule has 0 bridgehead atoms. The Morgan fingerprint density at radius 2 is 0.404 bits per heavy atom. The van der Waals surface area contributed by atoms with E-state index in [0.717, 1.165) is 0 Å². The van der Waals surface area contributed by atoms with Gasteiger partial charge in [0.1, 0.15) is 0 Å². The van der Waals surface area contributed by atoms with Crippen LogP contribution in [-0.2, 0) is 0 Å². The van der Waals surface area contributed by atoms with Crippen molar-refractivity contribution in [2.75, 3.05) is 0 Å². The van der Waals surface area contributed by atoms with Gasteiger partial charge in [-0.15, -0.1) is 0 Å². The zero-order valence-electron chi connectivity index (χ0n) is 28.4. The molecule has 9 aromatic rings. The molecule has 3 heterocycles. The zero-order valence-corrected chi connectivity index (χ0v) is 28.4. The first-order valence-electron chi connectivity index (χ1n) is 16.1. The van der Waals surface area contributed by atoms with E-state index in [9.17, 15) is 26.3 Å². The molecule has 0 atom stereocenters. The van der Waals surface area contributed by atoms with Gasteiger partial charge in [0.2, 0.25) is 0 Å². The Balaban J connectivity index is 0.000000133. The van der Waals surface area contributed by atoms with Crippen LogP contribution in [0.2, 0.25) is 0 Å². The number of aryl methyl sites for hydroxylation is 6. The average Bonchev–Trinajstić information content (AvgIpc) is 3.81. The molecule has 0 N–H and O–H groups in total. The molecule has 3 nitrogen and oxygen atoms in total. The second-order valence-corrected chi connectivity index (χ2v) is 12.7. The molecule has 9 rings (SSSR count). The van der Waals surface area contributed by atoms with Crippen molar-refractivity contribution in [3.05, 3.63) is 141 Å². The van der Waals surface area contributed by atoms with Crippen molar-refractivity contribution in [2.24, 2.45) is 0 Å². The van der Waals surface area contributed by atoms with Gasteiger partial charge in [0.05, 0.1) is 0 Å². The van der Waals surface area contributed by atoms with Crippen LogP contribution in [0.15, 0.2) is 86.0 Å². The summed E-state index contributed by atoms with van der Waals surface area (Å²) in [7, 11) is 0. The minimum absolute atomic E-state index is 0. The highest BCUT2D eigenvalue weighted by molar-refractivity contribution is 6.07. The maximum absolute atomic E-state index is 13.9. The molecule has 0 amide bonds. The van der Waals surface area contributed by atoms with E-state index in [0.29, 0.717) is 65.7 Å². The molecule has 0 aliphatic heterocycles. The normalized spacial score (nSPS) is 11.3. The summed E-state index contributed by atoms with van der Waals surface area (Å²) in [5.74, 6) is -2.52. The molecule has 0 fully saturated rings. The van der Waals surface area contributed by atoms with Gasteiger partial charge < -0.3 is 13.3 Å². The molecule has 0 aliphatic carbocycles. The second kappa shape index (κ2) is 13.5. The summed E-state index contributed by atoms with van der Waals surface area (Å²) < 4.78 is 99.1. The van der Waals surface area contributed by atoms with Crippen molar-refractivity contribution < 1.29 is 39.6 Å². The predicted molar refractivity (Wildman–Crippen MR) is 196 cm³/mol. The smallest absolute Gasteiger partial charge is 0.171 e. The molecule has 0 unspecified atom stereocenters. The third-order valence-electron chi connectivity index (χ3n) is 9.22. The summed E-state index contributed by atoms with van der Waals surface area (Å²) in [6.07, 6.45) is 0. The van der Waals surface area contributed by atoms with Crippen molar-refractivity contribution in [1.82, 2.24) is 0 Å². The van der Waals surface area contributed by atoms with E-state index >= 15 is 0 Å². The summed E-state index contributed by atoms with van der Waals surface area (Å²) in [6.45, 7) is 9.94. The first-order chi connectivity index (χ1) is 24.3. The minimum Gasteiger partial charge on any atom is -0.450 e. The highest BCUT2D eigenvalue weighted by Gasteiger charge is 2.19. The zero-order chi connectivity index (χ0) is 36.5. The Morgan fingerprint density at radius 3 is 0.538 bits per heavy atom. The quantitative estimate of drug-likeness (QED) is 0.147. The molecule has 52 heavy (non-hydrogen) atoms. The van der Waals surface area contributed by atoms with Crippen LogP contribution in [0.5, 0.6) is 0 Å². The van der Waals surface area contributed by atoms with Gasteiger partial charge in [0.15, 0.2) is 68.4 Å². The summed E-state index contributed by atoms with van der Waals surface area (Å²) >= 11 is 0. The van der Waals surface area contributed by atoms with E-state index in [1.54, 1.807) is 114 Å². The molecule has 6 aromatic carbocycles. The number of hydrogen-bond donors (Lipinski definition) is 0. The SMILES string of the molecule is C.Cc1ccc2c(oc3c(F)c(C)ccc32)c1F.Cc1ccc2c(oc3c(F)c(C)ccc32)c1F.Cc1ccc2c(oc3c(F)c(C)ccc32)c1F. The van der Waals surface area contributed by atoms with Crippen LogP contribution in [0.4, 0.5) is 26.3 Å². The van der Waals surface area contributed by atoms with Crippen molar-refractivity contribution >= 4 is 65.8 Å². The first kappa shape index (κ1) is 36.1. The maximum Gasteiger partial charge on any atom is 0.171 e. The summed E-state index contributed by atoms with van der Waals surface area (Å²) in [6, 6.07) is 20.6. The first-order valence-corrected chi connectivity index (χ1v) is 16.1. The Morgan fingerprint density at radius 1 is 0.269 bits per heavy atom. The maximum atomic E-state index is 13.9. The molecular weight excluding hydrogens is 678 g/mol. The Labute approximate surface area is 295 Å². The van der Waals surface area contributed by atoms with Crippen molar-refractivity contribution in [3.63, 3.8) is 0 Å². The molecule has 0 radical (unpaired) electrons. The van der Waals surface area contributed by atoms with Gasteiger partial charge in [0, 0.05) is 32.3 Å². The lowest BCUT2D eigenvalue weighted by atomic mass is 10.1. The van der Waals surface area contributed by atoms with E-state index in [1.165, 1.54) is 0 Å². The Hall–Kier alpha value is -5.70. The van der Waals surface area contributed by atoms with Gasteiger partial charge in [-0.1, -0.05) is 80.2 Å². The summed E-state index contributed by atoms with van der Waals surface area (Å²) in [5, 5.41) is 3.68. The van der Waals surface area contributed by atoms with Gasteiger partial charge in [-0.3, -0.25) is 0 Å². The standard InChI is InChI=1S/3C14H10F2O.CH4/c3*1-7-3-5-9-10-6-4-8(2)12(16)14(10)17-13(9)11(7)15;/h3*3-6H,1-2H3;1H4. The van der Waals surface area contributed by atoms with E-state index < -0.39 is 34.9 Å². The monoisotopic (exact) mass is 712 g/mol. The van der Waals surface area contributed by atoms with Crippen LogP contribution in [-0.4, -0.2) is 0 Å². The summed E-state index contributed by atoms with van der Waals surface area (Å²) in [4.78, 5) is 0. The Bertz CT molecular complexity index is 2340. The van der Waals surface area contributed by atoms with Gasteiger partial charge in [-0.05, 0) is 74.9 Å². The van der Waals surface area contributed by atoms with Crippen LogP contribution >= 0.6 is 0 Å². The molecule has 0 saturated carbocycles. The van der Waals surface area contributed by atoms with Gasteiger partial charge >= 0.3 is 0 Å². The van der Waals surface area contributed by atoms with Crippen molar-refractivity contribution in [3.8, 4) is 0 Å². The molecule has 3 aromatic heterocycles. The van der Waals surface area contributed by atoms with Crippen LogP contribution in [0.1, 0.15) is 40.8 Å². The number of hydrogen-bond acceptors (Lipinski definition) is 3. The average molecular weight is 713 g/mol. The number of benzene rings is 6. The van der Waals surface area contributed by atoms with Crippen LogP contribution in [0.25, 0.3) is 65.8 Å². The van der Waals surface area contributed by atoms with Crippen LogP contribution in [0.3, 0.4) is 0 Å². The predicted octanol–water partition coefficient (Wildman–Crippen LogP) is 14.1. The lowest BCUT2D eigenvalue weighted by Crippen LogP contribution is -1.81. The number of furan rings is 3. The Kier molecular flexibility index (Phi) is 9.34. The number of halogens is 6. The lowest BCUT2D eigenvalue weighted by molar-refractivity contribution is 0.551. The highest BCUT2D eigenvalue weighted by atomic mass is 19.1. The number of rotatable bonds is 0. The van der Waals surface area contributed by atoms with E-state index in [-0.39, 0.29) is 40.9 Å². The minimum atomic E-state index is -0.421. The van der Waals surface area contributed by atoms with Crippen molar-refractivity contribution in [1.29, 1.82) is 0 Å². The molecule has 0 aliphatic rings. The molecule has 266 valence electrons. The van der Waals surface area contributed by atoms with Crippen molar-refractivity contribution in [2.45, 2.75) is 49.0 Å². The second-order valence-electron chi connectivity index (χ2n) is 12.7. The van der Waals surface area contributed by atoms with Crippen LogP contribution in [0, 0.1) is 76.4 Å². The molecule has 0 spiro atoms. The third-order valence-corrected chi connectivity index (χ3v) is 9.22. The van der Waals surface area contributed by atoms with Gasteiger partial charge in [0.25, 0.3) is 0 Å². The summed E-state index contributed by atoms with van der Waals surface area (Å²) in [5.41, 5.74) is 3.74. The van der Waals surface area contributed by atoms with E-state index in [1.807, 2.05) is 0 Å². The largest absolute Gasteiger partial charge is 0.450 e.